The lowest BCUT2D eigenvalue weighted by Crippen LogP contribution is -2.35. The zero-order valence-corrected chi connectivity index (χ0v) is 16.2. The molecule has 3 heterocycles. The van der Waals surface area contributed by atoms with Crippen LogP contribution in [0, 0.1) is 11.8 Å². The van der Waals surface area contributed by atoms with Gasteiger partial charge in [-0.15, -0.1) is 0 Å². The number of likely N-dealkylation sites (tertiary alicyclic amines) is 1. The van der Waals surface area contributed by atoms with Crippen molar-refractivity contribution in [1.29, 1.82) is 0 Å². The van der Waals surface area contributed by atoms with Gasteiger partial charge in [0, 0.05) is 44.1 Å². The van der Waals surface area contributed by atoms with E-state index in [4.69, 9.17) is 4.74 Å². The van der Waals surface area contributed by atoms with E-state index in [9.17, 15) is 5.11 Å². The van der Waals surface area contributed by atoms with E-state index < -0.39 is 5.60 Å². The number of pyridine rings is 1. The zero-order valence-electron chi connectivity index (χ0n) is 16.2. The Balaban J connectivity index is 1.28. The third kappa shape index (κ3) is 3.61. The molecule has 1 N–H and O–H groups in total. The number of rotatable bonds is 5. The molecule has 1 saturated carbocycles. The van der Waals surface area contributed by atoms with Crippen LogP contribution in [0.3, 0.4) is 0 Å². The Morgan fingerprint density at radius 2 is 1.86 bits per heavy atom. The minimum absolute atomic E-state index is 0.231. The molecule has 1 aliphatic carbocycles. The van der Waals surface area contributed by atoms with E-state index in [1.165, 1.54) is 5.56 Å². The predicted octanol–water partition coefficient (Wildman–Crippen LogP) is 3.39. The molecular weight excluding hydrogens is 364 g/mol. The number of hydrogen-bond acceptors (Lipinski definition) is 6. The smallest absolute Gasteiger partial charge is 0.321 e. The summed E-state index contributed by atoms with van der Waals surface area (Å²) in [5, 5.41) is 11.4. The Morgan fingerprint density at radius 1 is 1.00 bits per heavy atom. The summed E-state index contributed by atoms with van der Waals surface area (Å²) < 4.78 is 5.76. The van der Waals surface area contributed by atoms with Gasteiger partial charge in [-0.2, -0.15) is 0 Å². The third-order valence-corrected chi connectivity index (χ3v) is 6.19. The summed E-state index contributed by atoms with van der Waals surface area (Å²) in [6, 6.07) is 16.0. The molecule has 1 aromatic carbocycles. The molecule has 0 bridgehead atoms. The number of benzene rings is 1. The van der Waals surface area contributed by atoms with E-state index in [0.717, 1.165) is 43.9 Å². The Hall–Kier alpha value is -2.83. The number of hydrogen-bond donors (Lipinski definition) is 1. The molecule has 6 nitrogen and oxygen atoms in total. The number of ether oxygens (including phenoxy) is 1. The normalized spacial score (nSPS) is 26.4. The lowest BCUT2D eigenvalue weighted by atomic mass is 9.85. The summed E-state index contributed by atoms with van der Waals surface area (Å²) >= 11 is 0. The summed E-state index contributed by atoms with van der Waals surface area (Å²) in [5.74, 6) is 1.48. The molecule has 0 radical (unpaired) electrons. The predicted molar refractivity (Wildman–Crippen MR) is 108 cm³/mol. The van der Waals surface area contributed by atoms with Gasteiger partial charge in [0.1, 0.15) is 11.4 Å². The molecule has 2 aliphatic rings. The van der Waals surface area contributed by atoms with E-state index in [0.29, 0.717) is 11.9 Å². The Bertz CT molecular complexity index is 969. The molecule has 148 valence electrons. The van der Waals surface area contributed by atoms with Gasteiger partial charge in [0.05, 0.1) is 5.69 Å². The van der Waals surface area contributed by atoms with Crippen molar-refractivity contribution in [3.05, 3.63) is 78.4 Å². The van der Waals surface area contributed by atoms with Crippen molar-refractivity contribution in [2.45, 2.75) is 25.0 Å². The Labute approximate surface area is 170 Å². The van der Waals surface area contributed by atoms with Gasteiger partial charge in [-0.25, -0.2) is 9.97 Å². The van der Waals surface area contributed by atoms with Crippen LogP contribution in [0.5, 0.6) is 11.8 Å². The number of aliphatic hydroxyl groups is 1. The minimum atomic E-state index is -0.809. The first-order chi connectivity index (χ1) is 14.2. The van der Waals surface area contributed by atoms with Crippen LogP contribution in [0.1, 0.15) is 24.1 Å². The maximum atomic E-state index is 11.4. The van der Waals surface area contributed by atoms with Crippen molar-refractivity contribution < 1.29 is 9.84 Å². The van der Waals surface area contributed by atoms with Crippen LogP contribution < -0.4 is 4.74 Å². The van der Waals surface area contributed by atoms with Crippen LogP contribution in [0.2, 0.25) is 0 Å². The standard InChI is InChI=1S/C23H24N4O2/c28-23(21-7-1-2-10-24-21)9-8-18-15-27(16-20(18)23)14-17-5-3-6-19(13-17)29-22-25-11-4-12-26-22/h1-7,10-13,18,20,28H,8-9,14-16H2/t18-,20+,23-/m0/s1. The highest BCUT2D eigenvalue weighted by atomic mass is 16.5. The maximum Gasteiger partial charge on any atom is 0.321 e. The molecule has 6 heteroatoms. The molecule has 2 fully saturated rings. The van der Waals surface area contributed by atoms with Gasteiger partial charge in [-0.1, -0.05) is 18.2 Å². The van der Waals surface area contributed by atoms with Gasteiger partial charge >= 0.3 is 6.01 Å². The van der Waals surface area contributed by atoms with Gasteiger partial charge in [0.15, 0.2) is 0 Å². The average molecular weight is 388 g/mol. The van der Waals surface area contributed by atoms with Crippen LogP contribution in [0.15, 0.2) is 67.1 Å². The van der Waals surface area contributed by atoms with E-state index in [1.807, 2.05) is 36.4 Å². The van der Waals surface area contributed by atoms with Gasteiger partial charge in [0.2, 0.25) is 0 Å². The van der Waals surface area contributed by atoms with Gasteiger partial charge in [-0.3, -0.25) is 9.88 Å². The molecular formula is C23H24N4O2. The molecule has 1 aliphatic heterocycles. The fourth-order valence-electron chi connectivity index (χ4n) is 4.86. The number of nitrogens with zero attached hydrogens (tertiary/aromatic N) is 4. The number of fused-ring (bicyclic) bond motifs is 1. The first-order valence-electron chi connectivity index (χ1n) is 10.1. The van der Waals surface area contributed by atoms with Crippen LogP contribution in [0.4, 0.5) is 0 Å². The fraction of sp³-hybridized carbons (Fsp3) is 0.348. The molecule has 0 unspecified atom stereocenters. The molecule has 5 rings (SSSR count). The van der Waals surface area contributed by atoms with Crippen LogP contribution in [-0.4, -0.2) is 38.0 Å². The molecule has 0 spiro atoms. The van der Waals surface area contributed by atoms with E-state index >= 15 is 0 Å². The zero-order chi connectivity index (χ0) is 19.7. The van der Waals surface area contributed by atoms with Crippen molar-refractivity contribution in [2.24, 2.45) is 11.8 Å². The Kier molecular flexibility index (Phi) is 4.73. The Morgan fingerprint density at radius 3 is 2.69 bits per heavy atom. The second-order valence-corrected chi connectivity index (χ2v) is 8.02. The molecule has 29 heavy (non-hydrogen) atoms. The van der Waals surface area contributed by atoms with Gasteiger partial charge in [0.25, 0.3) is 0 Å². The van der Waals surface area contributed by atoms with Crippen molar-refractivity contribution in [2.75, 3.05) is 13.1 Å². The third-order valence-electron chi connectivity index (χ3n) is 6.19. The number of aromatic nitrogens is 3. The van der Waals surface area contributed by atoms with Crippen molar-refractivity contribution in [3.8, 4) is 11.8 Å². The molecule has 3 aromatic rings. The highest BCUT2D eigenvalue weighted by molar-refractivity contribution is 5.30. The van der Waals surface area contributed by atoms with Crippen molar-refractivity contribution in [3.63, 3.8) is 0 Å². The fourth-order valence-corrected chi connectivity index (χ4v) is 4.86. The second-order valence-electron chi connectivity index (χ2n) is 8.02. The monoisotopic (exact) mass is 388 g/mol. The van der Waals surface area contributed by atoms with E-state index in [2.05, 4.69) is 25.9 Å². The van der Waals surface area contributed by atoms with E-state index in [-0.39, 0.29) is 5.92 Å². The second kappa shape index (κ2) is 7.54. The summed E-state index contributed by atoms with van der Waals surface area (Å²) in [4.78, 5) is 15.1. The quantitative estimate of drug-likeness (QED) is 0.722. The first kappa shape index (κ1) is 18.2. The lowest BCUT2D eigenvalue weighted by molar-refractivity contribution is -0.0108. The highest BCUT2D eigenvalue weighted by Gasteiger charge is 2.52. The summed E-state index contributed by atoms with van der Waals surface area (Å²) in [6.45, 7) is 2.72. The molecule has 1 saturated heterocycles. The molecule has 0 amide bonds. The SMILES string of the molecule is O[C@@]1(c2ccccn2)CC[C@H]2CN(Cc3cccc(Oc4ncccn4)c3)C[C@H]21. The maximum absolute atomic E-state index is 11.4. The highest BCUT2D eigenvalue weighted by Crippen LogP contribution is 2.50. The summed E-state index contributed by atoms with van der Waals surface area (Å²) in [5.41, 5.74) is 1.18. The topological polar surface area (TPSA) is 71.4 Å². The largest absolute Gasteiger partial charge is 0.424 e. The summed E-state index contributed by atoms with van der Waals surface area (Å²) in [7, 11) is 0. The van der Waals surface area contributed by atoms with Crippen molar-refractivity contribution in [1.82, 2.24) is 19.9 Å². The van der Waals surface area contributed by atoms with Gasteiger partial charge < -0.3 is 9.84 Å². The average Bonchev–Trinajstić information content (AvgIpc) is 3.30. The van der Waals surface area contributed by atoms with Crippen LogP contribution >= 0.6 is 0 Å². The lowest BCUT2D eigenvalue weighted by Gasteiger charge is -2.29. The van der Waals surface area contributed by atoms with Gasteiger partial charge in [-0.05, 0) is 54.7 Å². The molecule has 2 aromatic heterocycles. The van der Waals surface area contributed by atoms with Crippen molar-refractivity contribution >= 4 is 0 Å². The van der Waals surface area contributed by atoms with Crippen LogP contribution in [-0.2, 0) is 12.1 Å². The first-order valence-corrected chi connectivity index (χ1v) is 10.1. The summed E-state index contributed by atoms with van der Waals surface area (Å²) in [6.07, 6.45) is 6.95. The van der Waals surface area contributed by atoms with E-state index in [1.54, 1.807) is 24.7 Å². The molecule has 3 atom stereocenters. The van der Waals surface area contributed by atoms with Crippen LogP contribution in [0.25, 0.3) is 0 Å². The minimum Gasteiger partial charge on any atom is -0.424 e.